The van der Waals surface area contributed by atoms with Crippen LogP contribution in [0.4, 0.5) is 0 Å². The van der Waals surface area contributed by atoms with E-state index in [1.807, 2.05) is 0 Å². The fraction of sp³-hybridized carbons (Fsp3) is 1.00. The zero-order valence-corrected chi connectivity index (χ0v) is 9.46. The van der Waals surface area contributed by atoms with Crippen LogP contribution in [-0.4, -0.2) is 41.4 Å². The summed E-state index contributed by atoms with van der Waals surface area (Å²) >= 11 is 5.59. The number of nitrogens with zero attached hydrogens (tertiary/aromatic N) is 1. The molecule has 3 heteroatoms. The molecule has 1 atom stereocenters. The lowest BCUT2D eigenvalue weighted by molar-refractivity contribution is 0.271. The second-order valence-electron chi connectivity index (χ2n) is 3.17. The van der Waals surface area contributed by atoms with Crippen molar-refractivity contribution in [1.82, 2.24) is 4.90 Å². The molecule has 11 heavy (non-hydrogen) atoms. The van der Waals surface area contributed by atoms with E-state index >= 15 is 0 Å². The molecule has 0 aliphatic carbocycles. The monoisotopic (exact) mass is 237 g/mol. The maximum absolute atomic E-state index is 3.51. The summed E-state index contributed by atoms with van der Waals surface area (Å²) in [5.41, 5.74) is 0. The van der Waals surface area contributed by atoms with Crippen LogP contribution < -0.4 is 0 Å². The first-order valence-electron chi connectivity index (χ1n) is 4.19. The van der Waals surface area contributed by atoms with Crippen molar-refractivity contribution in [1.29, 1.82) is 0 Å². The van der Waals surface area contributed by atoms with Gasteiger partial charge >= 0.3 is 0 Å². The zero-order valence-electron chi connectivity index (χ0n) is 7.05. The van der Waals surface area contributed by atoms with E-state index in [-0.39, 0.29) is 0 Å². The normalized spacial score (nSPS) is 23.5. The van der Waals surface area contributed by atoms with Gasteiger partial charge in [-0.15, -0.1) is 0 Å². The Morgan fingerprint density at radius 2 is 2.09 bits per heavy atom. The largest absolute Gasteiger partial charge is 0.301 e. The average molecular weight is 238 g/mol. The summed E-state index contributed by atoms with van der Waals surface area (Å²) < 4.78 is 0. The van der Waals surface area contributed by atoms with Gasteiger partial charge in [0.25, 0.3) is 0 Å². The van der Waals surface area contributed by atoms with Crippen molar-refractivity contribution in [2.24, 2.45) is 5.92 Å². The van der Waals surface area contributed by atoms with Crippen LogP contribution in [0.25, 0.3) is 0 Å². The van der Waals surface area contributed by atoms with Crippen molar-refractivity contribution in [3.05, 3.63) is 0 Å². The van der Waals surface area contributed by atoms with Gasteiger partial charge in [0.2, 0.25) is 0 Å². The third kappa shape index (κ3) is 3.81. The number of rotatable bonds is 3. The maximum Gasteiger partial charge on any atom is 0.00728 e. The Morgan fingerprint density at radius 3 is 2.64 bits per heavy atom. The molecule has 1 aliphatic heterocycles. The molecule has 1 unspecified atom stereocenters. The molecule has 0 amide bonds. The summed E-state index contributed by atoms with van der Waals surface area (Å²) in [6.07, 6.45) is 0. The van der Waals surface area contributed by atoms with Crippen LogP contribution in [0, 0.1) is 5.92 Å². The highest BCUT2D eigenvalue weighted by molar-refractivity contribution is 9.09. The summed E-state index contributed by atoms with van der Waals surface area (Å²) in [4.78, 5) is 2.57. The molecule has 0 bridgehead atoms. The second kappa shape index (κ2) is 5.44. The Hall–Kier alpha value is 0.790. The average Bonchev–Trinajstić information content (AvgIpc) is 2.06. The Labute approximate surface area is 82.0 Å². The van der Waals surface area contributed by atoms with Crippen molar-refractivity contribution in [2.75, 3.05) is 36.5 Å². The molecule has 66 valence electrons. The van der Waals surface area contributed by atoms with Crippen LogP contribution >= 0.6 is 27.7 Å². The summed E-state index contributed by atoms with van der Waals surface area (Å²) in [6.45, 7) is 6.16. The van der Waals surface area contributed by atoms with Crippen LogP contribution in [0.15, 0.2) is 0 Å². The number of alkyl halides is 1. The van der Waals surface area contributed by atoms with E-state index in [1.54, 1.807) is 0 Å². The van der Waals surface area contributed by atoms with Crippen LogP contribution in [0.5, 0.6) is 0 Å². The number of thioether (sulfide) groups is 1. The SMILES string of the molecule is CC(CBr)CN1CCSCC1. The molecule has 1 heterocycles. The van der Waals surface area contributed by atoms with E-state index in [2.05, 4.69) is 39.5 Å². The quantitative estimate of drug-likeness (QED) is 0.692. The molecule has 1 rings (SSSR count). The van der Waals surface area contributed by atoms with E-state index in [0.29, 0.717) is 0 Å². The van der Waals surface area contributed by atoms with Gasteiger partial charge in [0.15, 0.2) is 0 Å². The van der Waals surface area contributed by atoms with Crippen LogP contribution in [0.2, 0.25) is 0 Å². The molecule has 1 saturated heterocycles. The van der Waals surface area contributed by atoms with Crippen molar-refractivity contribution < 1.29 is 0 Å². The van der Waals surface area contributed by atoms with Gasteiger partial charge < -0.3 is 4.90 Å². The minimum Gasteiger partial charge on any atom is -0.301 e. The molecule has 1 nitrogen and oxygen atoms in total. The van der Waals surface area contributed by atoms with Gasteiger partial charge in [0.05, 0.1) is 0 Å². The Morgan fingerprint density at radius 1 is 1.45 bits per heavy atom. The molecule has 0 aromatic carbocycles. The smallest absolute Gasteiger partial charge is 0.00728 e. The third-order valence-corrected chi connectivity index (χ3v) is 3.98. The lowest BCUT2D eigenvalue weighted by atomic mass is 10.2. The highest BCUT2D eigenvalue weighted by Crippen LogP contribution is 2.11. The molecule has 0 radical (unpaired) electrons. The highest BCUT2D eigenvalue weighted by atomic mass is 79.9. The van der Waals surface area contributed by atoms with Gasteiger partial charge in [0.1, 0.15) is 0 Å². The zero-order chi connectivity index (χ0) is 8.10. The van der Waals surface area contributed by atoms with Gasteiger partial charge in [-0.25, -0.2) is 0 Å². The summed E-state index contributed by atoms with van der Waals surface area (Å²) in [5, 5.41) is 1.14. The van der Waals surface area contributed by atoms with E-state index < -0.39 is 0 Å². The minimum absolute atomic E-state index is 0.804. The van der Waals surface area contributed by atoms with E-state index in [1.165, 1.54) is 31.1 Å². The van der Waals surface area contributed by atoms with Gasteiger partial charge in [0, 0.05) is 36.5 Å². The first-order chi connectivity index (χ1) is 5.33. The highest BCUT2D eigenvalue weighted by Gasteiger charge is 2.12. The molecule has 0 aromatic heterocycles. The number of hydrogen-bond acceptors (Lipinski definition) is 2. The first-order valence-corrected chi connectivity index (χ1v) is 6.46. The van der Waals surface area contributed by atoms with E-state index in [0.717, 1.165) is 11.2 Å². The Bertz CT molecular complexity index is 104. The van der Waals surface area contributed by atoms with Crippen LogP contribution in [-0.2, 0) is 0 Å². The minimum atomic E-state index is 0.804. The van der Waals surface area contributed by atoms with Crippen molar-refractivity contribution in [3.8, 4) is 0 Å². The Kier molecular flexibility index (Phi) is 4.88. The van der Waals surface area contributed by atoms with Crippen molar-refractivity contribution >= 4 is 27.7 Å². The lowest BCUT2D eigenvalue weighted by Crippen LogP contribution is -2.36. The van der Waals surface area contributed by atoms with Gasteiger partial charge in [-0.05, 0) is 5.92 Å². The molecular weight excluding hydrogens is 222 g/mol. The first kappa shape index (κ1) is 9.87. The second-order valence-corrected chi connectivity index (χ2v) is 5.04. The van der Waals surface area contributed by atoms with Gasteiger partial charge in [-0.1, -0.05) is 22.9 Å². The predicted molar refractivity (Wildman–Crippen MR) is 56.7 cm³/mol. The van der Waals surface area contributed by atoms with Crippen molar-refractivity contribution in [3.63, 3.8) is 0 Å². The third-order valence-electron chi connectivity index (χ3n) is 1.94. The van der Waals surface area contributed by atoms with Crippen LogP contribution in [0.3, 0.4) is 0 Å². The molecular formula is C8H16BrNS. The molecule has 1 fully saturated rings. The fourth-order valence-electron chi connectivity index (χ4n) is 1.27. The summed E-state index contributed by atoms with van der Waals surface area (Å²) in [6, 6.07) is 0. The number of halogens is 1. The molecule has 0 spiro atoms. The molecule has 0 aromatic rings. The predicted octanol–water partition coefficient (Wildman–Crippen LogP) is 2.07. The standard InChI is InChI=1S/C8H16BrNS/c1-8(6-9)7-10-2-4-11-5-3-10/h8H,2-7H2,1H3. The fourth-order valence-corrected chi connectivity index (χ4v) is 2.46. The topological polar surface area (TPSA) is 3.24 Å². The van der Waals surface area contributed by atoms with Gasteiger partial charge in [-0.3, -0.25) is 0 Å². The number of hydrogen-bond donors (Lipinski definition) is 0. The van der Waals surface area contributed by atoms with Crippen molar-refractivity contribution in [2.45, 2.75) is 6.92 Å². The molecule has 1 aliphatic rings. The Balaban J connectivity index is 2.13. The molecule has 0 N–H and O–H groups in total. The lowest BCUT2D eigenvalue weighted by Gasteiger charge is -2.28. The summed E-state index contributed by atoms with van der Waals surface area (Å²) in [5.74, 6) is 3.46. The maximum atomic E-state index is 3.51. The van der Waals surface area contributed by atoms with Crippen LogP contribution in [0.1, 0.15) is 6.92 Å². The summed E-state index contributed by atoms with van der Waals surface area (Å²) in [7, 11) is 0. The van der Waals surface area contributed by atoms with E-state index in [4.69, 9.17) is 0 Å². The van der Waals surface area contributed by atoms with Gasteiger partial charge in [-0.2, -0.15) is 11.8 Å². The van der Waals surface area contributed by atoms with E-state index in [9.17, 15) is 0 Å². The molecule has 0 saturated carbocycles.